The monoisotopic (exact) mass is 592 g/mol. The summed E-state index contributed by atoms with van der Waals surface area (Å²) in [4.78, 5) is 15.3. The lowest BCUT2D eigenvalue weighted by atomic mass is 10.1. The van der Waals surface area contributed by atoms with Crippen LogP contribution in [0.3, 0.4) is 0 Å². The summed E-state index contributed by atoms with van der Waals surface area (Å²) >= 11 is 0. The molecule has 3 aromatic carbocycles. The van der Waals surface area contributed by atoms with Crippen molar-refractivity contribution >= 4 is 5.97 Å². The van der Waals surface area contributed by atoms with Crippen molar-refractivity contribution in [3.8, 4) is 40.4 Å². The number of aromatic carboxylic acids is 1. The van der Waals surface area contributed by atoms with Gasteiger partial charge < -0.3 is 14.6 Å². The summed E-state index contributed by atoms with van der Waals surface area (Å²) < 4.78 is 81.7. The lowest BCUT2D eigenvalue weighted by Crippen LogP contribution is -2.14. The van der Waals surface area contributed by atoms with Crippen LogP contribution in [-0.2, 0) is 12.8 Å². The SMILES string of the molecule is N#Cc1ccc(Oc2ccc(COc3c(F)cc(F)cc3-c3cccc(-n4nc(C(=O)O)cc4C(F)(F)F)n3)cc2)cc1. The Kier molecular flexibility index (Phi) is 7.76. The number of carbonyl (C=O) groups is 1. The van der Waals surface area contributed by atoms with Gasteiger partial charge in [0.25, 0.3) is 0 Å². The van der Waals surface area contributed by atoms with E-state index in [-0.39, 0.29) is 17.9 Å². The number of nitriles is 1. The summed E-state index contributed by atoms with van der Waals surface area (Å²) in [5.74, 6) is -3.61. The van der Waals surface area contributed by atoms with E-state index >= 15 is 0 Å². The fourth-order valence-corrected chi connectivity index (χ4v) is 3.99. The molecule has 2 aromatic heterocycles. The van der Waals surface area contributed by atoms with Crippen molar-refractivity contribution in [3.05, 3.63) is 119 Å². The normalized spacial score (nSPS) is 11.2. The number of aromatic nitrogens is 3. The lowest BCUT2D eigenvalue weighted by molar-refractivity contribution is -0.142. The minimum absolute atomic E-state index is 0.155. The van der Waals surface area contributed by atoms with Crippen LogP contribution in [0.15, 0.2) is 84.9 Å². The van der Waals surface area contributed by atoms with E-state index in [4.69, 9.17) is 19.8 Å². The van der Waals surface area contributed by atoms with Gasteiger partial charge in [0.2, 0.25) is 0 Å². The van der Waals surface area contributed by atoms with Crippen LogP contribution >= 0.6 is 0 Å². The number of hydrogen-bond donors (Lipinski definition) is 1. The molecule has 5 aromatic rings. The molecule has 0 aliphatic carbocycles. The van der Waals surface area contributed by atoms with E-state index in [1.165, 1.54) is 12.1 Å². The van der Waals surface area contributed by atoms with Crippen LogP contribution in [0.2, 0.25) is 0 Å². The van der Waals surface area contributed by atoms with E-state index in [1.807, 2.05) is 6.07 Å². The summed E-state index contributed by atoms with van der Waals surface area (Å²) in [5.41, 5.74) is -1.56. The van der Waals surface area contributed by atoms with Gasteiger partial charge in [-0.15, -0.1) is 0 Å². The number of hydrogen-bond acceptors (Lipinski definition) is 6. The Hall–Kier alpha value is -5.77. The van der Waals surface area contributed by atoms with Crippen LogP contribution < -0.4 is 9.47 Å². The summed E-state index contributed by atoms with van der Waals surface area (Å²) in [6, 6.07) is 20.6. The Labute approximate surface area is 239 Å². The van der Waals surface area contributed by atoms with Gasteiger partial charge in [0.1, 0.15) is 23.9 Å². The Bertz CT molecular complexity index is 1850. The summed E-state index contributed by atoms with van der Waals surface area (Å²) in [6.45, 7) is -0.175. The molecule has 0 aliphatic rings. The van der Waals surface area contributed by atoms with Crippen molar-refractivity contribution in [1.29, 1.82) is 5.26 Å². The smallest absolute Gasteiger partial charge is 0.433 e. The Morgan fingerprint density at radius 1 is 0.953 bits per heavy atom. The van der Waals surface area contributed by atoms with Gasteiger partial charge in [0.15, 0.2) is 28.8 Å². The molecule has 0 atom stereocenters. The van der Waals surface area contributed by atoms with Crippen molar-refractivity contribution in [2.24, 2.45) is 0 Å². The van der Waals surface area contributed by atoms with Gasteiger partial charge in [-0.25, -0.2) is 23.2 Å². The maximum absolute atomic E-state index is 14.9. The fourth-order valence-electron chi connectivity index (χ4n) is 3.99. The molecule has 8 nitrogen and oxygen atoms in total. The molecular formula is C30H17F5N4O4. The predicted octanol–water partition coefficient (Wildman–Crippen LogP) is 7.17. The van der Waals surface area contributed by atoms with Crippen molar-refractivity contribution in [3.63, 3.8) is 0 Å². The van der Waals surface area contributed by atoms with Crippen molar-refractivity contribution < 1.29 is 41.3 Å². The average molecular weight is 592 g/mol. The second-order valence-electron chi connectivity index (χ2n) is 8.95. The van der Waals surface area contributed by atoms with Crippen LogP contribution in [0, 0.1) is 23.0 Å². The van der Waals surface area contributed by atoms with E-state index in [1.54, 1.807) is 48.5 Å². The quantitative estimate of drug-likeness (QED) is 0.190. The second kappa shape index (κ2) is 11.6. The number of ether oxygens (including phenoxy) is 2. The number of carboxylic acids is 1. The summed E-state index contributed by atoms with van der Waals surface area (Å²) in [7, 11) is 0. The topological polar surface area (TPSA) is 110 Å². The zero-order valence-electron chi connectivity index (χ0n) is 21.6. The molecule has 0 saturated heterocycles. The van der Waals surface area contributed by atoms with Gasteiger partial charge in [-0.1, -0.05) is 18.2 Å². The number of benzene rings is 3. The number of halogens is 5. The zero-order chi connectivity index (χ0) is 30.7. The second-order valence-corrected chi connectivity index (χ2v) is 8.95. The number of pyridine rings is 1. The number of carboxylic acid groups (broad SMARTS) is 1. The summed E-state index contributed by atoms with van der Waals surface area (Å²) in [5, 5.41) is 21.5. The van der Waals surface area contributed by atoms with Gasteiger partial charge in [-0.2, -0.15) is 23.5 Å². The van der Waals surface area contributed by atoms with Crippen molar-refractivity contribution in [1.82, 2.24) is 14.8 Å². The predicted molar refractivity (Wildman–Crippen MR) is 141 cm³/mol. The molecule has 0 radical (unpaired) electrons. The first kappa shape index (κ1) is 28.7. The van der Waals surface area contributed by atoms with E-state index in [9.17, 15) is 26.7 Å². The number of rotatable bonds is 8. The standard InChI is InChI=1S/C30H17F5N4O4/c31-19-12-22(24-2-1-3-27(37-24)39-26(30(33,34)35)14-25(38-39)29(40)41)28(23(32)13-19)42-16-18-6-10-21(11-7-18)43-20-8-4-17(15-36)5-9-20/h1-14H,16H2,(H,40,41). The van der Waals surface area contributed by atoms with Crippen LogP contribution in [0.5, 0.6) is 17.2 Å². The Morgan fingerprint density at radius 3 is 2.26 bits per heavy atom. The molecule has 0 unspecified atom stereocenters. The maximum Gasteiger partial charge on any atom is 0.433 e. The van der Waals surface area contributed by atoms with E-state index < -0.39 is 46.7 Å². The molecule has 0 amide bonds. The molecule has 43 heavy (non-hydrogen) atoms. The van der Waals surface area contributed by atoms with E-state index in [0.717, 1.165) is 12.1 Å². The van der Waals surface area contributed by atoms with Gasteiger partial charge in [0, 0.05) is 17.7 Å². The highest BCUT2D eigenvalue weighted by Crippen LogP contribution is 2.35. The van der Waals surface area contributed by atoms with Crippen molar-refractivity contribution in [2.45, 2.75) is 12.8 Å². The third-order valence-corrected chi connectivity index (χ3v) is 5.98. The molecule has 0 saturated carbocycles. The van der Waals surface area contributed by atoms with Crippen LogP contribution in [0.25, 0.3) is 17.1 Å². The fraction of sp³-hybridized carbons (Fsp3) is 0.0667. The average Bonchev–Trinajstić information content (AvgIpc) is 3.45. The molecule has 2 heterocycles. The van der Waals surface area contributed by atoms with Crippen LogP contribution in [0.4, 0.5) is 22.0 Å². The molecular weight excluding hydrogens is 575 g/mol. The highest BCUT2D eigenvalue weighted by molar-refractivity contribution is 5.85. The third kappa shape index (κ3) is 6.43. The first-order chi connectivity index (χ1) is 20.5. The molecule has 216 valence electrons. The molecule has 5 rings (SSSR count). The zero-order valence-corrected chi connectivity index (χ0v) is 21.6. The van der Waals surface area contributed by atoms with Crippen LogP contribution in [-0.4, -0.2) is 25.8 Å². The highest BCUT2D eigenvalue weighted by atomic mass is 19.4. The van der Waals surface area contributed by atoms with E-state index in [2.05, 4.69) is 10.1 Å². The molecule has 0 aliphatic heterocycles. The van der Waals surface area contributed by atoms with E-state index in [0.29, 0.717) is 39.4 Å². The van der Waals surface area contributed by atoms with Gasteiger partial charge in [-0.05, 0) is 60.2 Å². The lowest BCUT2D eigenvalue weighted by Gasteiger charge is -2.14. The van der Waals surface area contributed by atoms with Gasteiger partial charge in [-0.3, -0.25) is 0 Å². The van der Waals surface area contributed by atoms with Gasteiger partial charge >= 0.3 is 12.1 Å². The number of nitrogens with zero attached hydrogens (tertiary/aromatic N) is 4. The molecule has 0 fully saturated rings. The third-order valence-electron chi connectivity index (χ3n) is 5.98. The number of alkyl halides is 3. The molecule has 0 bridgehead atoms. The highest BCUT2D eigenvalue weighted by Gasteiger charge is 2.37. The van der Waals surface area contributed by atoms with Crippen LogP contribution in [0.1, 0.15) is 27.3 Å². The summed E-state index contributed by atoms with van der Waals surface area (Å²) in [6.07, 6.45) is -4.97. The largest absolute Gasteiger partial charge is 0.485 e. The molecule has 0 spiro atoms. The Morgan fingerprint density at radius 2 is 1.63 bits per heavy atom. The minimum Gasteiger partial charge on any atom is -0.485 e. The molecule has 1 N–H and O–H groups in total. The first-order valence-electron chi connectivity index (χ1n) is 12.3. The molecule has 13 heteroatoms. The van der Waals surface area contributed by atoms with Crippen molar-refractivity contribution in [2.75, 3.05) is 0 Å². The Balaban J connectivity index is 1.41. The maximum atomic E-state index is 14.9. The first-order valence-corrected chi connectivity index (χ1v) is 12.3. The minimum atomic E-state index is -4.97. The van der Waals surface area contributed by atoms with Gasteiger partial charge in [0.05, 0.1) is 17.3 Å².